The first-order chi connectivity index (χ1) is 42.3. The lowest BCUT2D eigenvalue weighted by Gasteiger charge is -2.32. The number of amides is 11. The quantitative estimate of drug-likeness (QED) is 0.0343. The number of carboxylic acid groups (broad SMARTS) is 1. The third kappa shape index (κ3) is 18.1. The molecular formula is C64H94N12O13. The van der Waals surface area contributed by atoms with Gasteiger partial charge in [0.15, 0.2) is 0 Å². The molecule has 4 aliphatic rings. The fourth-order valence-corrected chi connectivity index (χ4v) is 12.2. The summed E-state index contributed by atoms with van der Waals surface area (Å²) in [6.07, 6.45) is 3.61. The normalized spacial score (nSPS) is 23.0. The van der Waals surface area contributed by atoms with Crippen LogP contribution < -0.4 is 53.6 Å². The molecule has 2 saturated carbocycles. The van der Waals surface area contributed by atoms with Crippen LogP contribution in [0.5, 0.6) is 0 Å². The number of nitrogens with two attached hydrogens (primary N) is 1. The molecule has 2 aliphatic heterocycles. The largest absolute Gasteiger partial charge is 0.479 e. The number of nitrogens with one attached hydrogen (secondary N) is 9. The maximum atomic E-state index is 15.0. The summed E-state index contributed by atoms with van der Waals surface area (Å²) < 4.78 is 0. The van der Waals surface area contributed by atoms with Crippen molar-refractivity contribution in [1.29, 1.82) is 0 Å². The number of benzene rings is 2. The monoisotopic (exact) mass is 1240 g/mol. The van der Waals surface area contributed by atoms with E-state index in [0.717, 1.165) is 11.1 Å². The van der Waals surface area contributed by atoms with Gasteiger partial charge in [0, 0.05) is 38.0 Å². The van der Waals surface area contributed by atoms with Crippen molar-refractivity contribution in [2.24, 2.45) is 29.4 Å². The Kier molecular flexibility index (Phi) is 25.2. The van der Waals surface area contributed by atoms with E-state index in [1.165, 1.54) is 9.80 Å². The molecule has 11 amide bonds. The zero-order valence-corrected chi connectivity index (χ0v) is 52.6. The van der Waals surface area contributed by atoms with Crippen molar-refractivity contribution >= 4 is 72.0 Å². The van der Waals surface area contributed by atoms with Crippen LogP contribution in [0.1, 0.15) is 155 Å². The zero-order chi connectivity index (χ0) is 65.3. The molecule has 488 valence electrons. The van der Waals surface area contributed by atoms with E-state index in [0.29, 0.717) is 32.1 Å². The number of nitrogens with zero attached hydrogens (tertiary/aromatic N) is 2. The number of hydrogen-bond donors (Lipinski definition) is 11. The predicted octanol–water partition coefficient (Wildman–Crippen LogP) is 1.35. The van der Waals surface area contributed by atoms with Crippen LogP contribution in [0.25, 0.3) is 0 Å². The number of carbonyl (C=O) groups excluding carboxylic acids is 11. The van der Waals surface area contributed by atoms with E-state index in [-0.39, 0.29) is 102 Å². The highest BCUT2D eigenvalue weighted by Gasteiger charge is 2.64. The van der Waals surface area contributed by atoms with E-state index in [4.69, 9.17) is 5.73 Å². The van der Waals surface area contributed by atoms with E-state index < -0.39 is 136 Å². The van der Waals surface area contributed by atoms with Crippen LogP contribution in [0.3, 0.4) is 0 Å². The van der Waals surface area contributed by atoms with Crippen molar-refractivity contribution in [3.05, 3.63) is 71.8 Å². The van der Waals surface area contributed by atoms with E-state index in [9.17, 15) is 57.8 Å². The molecule has 0 spiro atoms. The van der Waals surface area contributed by atoms with Gasteiger partial charge in [-0.05, 0) is 112 Å². The van der Waals surface area contributed by atoms with Crippen molar-refractivity contribution in [2.75, 3.05) is 26.2 Å². The van der Waals surface area contributed by atoms with Gasteiger partial charge in [-0.15, -0.1) is 0 Å². The molecule has 25 nitrogen and oxygen atoms in total. The molecule has 6 rings (SSSR count). The molecule has 0 aromatic heterocycles. The molecule has 2 heterocycles. The van der Waals surface area contributed by atoms with E-state index >= 15 is 4.79 Å². The molecule has 0 radical (unpaired) electrons. The number of rotatable bonds is 35. The molecule has 0 bridgehead atoms. The second kappa shape index (κ2) is 32.0. The summed E-state index contributed by atoms with van der Waals surface area (Å²) in [5.74, 6) is -9.07. The third-order valence-electron chi connectivity index (χ3n) is 17.4. The van der Waals surface area contributed by atoms with E-state index in [1.54, 1.807) is 70.2 Å². The highest BCUT2D eigenvalue weighted by atomic mass is 16.4. The molecule has 2 aromatic carbocycles. The van der Waals surface area contributed by atoms with Crippen molar-refractivity contribution in [3.63, 3.8) is 0 Å². The van der Waals surface area contributed by atoms with Crippen LogP contribution in [0.4, 0.5) is 0 Å². The first kappa shape index (κ1) is 70.1. The molecule has 2 aromatic rings. The first-order valence-electron chi connectivity index (χ1n) is 31.5. The van der Waals surface area contributed by atoms with Crippen molar-refractivity contribution in [2.45, 2.75) is 204 Å². The minimum atomic E-state index is -1.61. The summed E-state index contributed by atoms with van der Waals surface area (Å²) in [6.45, 7) is 15.1. The van der Waals surface area contributed by atoms with Crippen molar-refractivity contribution < 1.29 is 62.6 Å². The van der Waals surface area contributed by atoms with E-state index in [2.05, 4.69) is 47.9 Å². The maximum absolute atomic E-state index is 15.0. The summed E-state index contributed by atoms with van der Waals surface area (Å²) in [4.78, 5) is 167. The molecule has 2 aliphatic carbocycles. The van der Waals surface area contributed by atoms with Crippen LogP contribution in [0.2, 0.25) is 0 Å². The number of carbonyl (C=O) groups is 12. The second-order valence-electron chi connectivity index (χ2n) is 25.8. The number of hydrogen-bond acceptors (Lipinski definition) is 13. The summed E-state index contributed by atoms with van der Waals surface area (Å²) in [5, 5.41) is 35.3. The number of aliphatic carboxylic acids is 1. The maximum Gasteiger partial charge on any atom is 0.330 e. The molecule has 2 saturated heterocycles. The summed E-state index contributed by atoms with van der Waals surface area (Å²) >= 11 is 0. The van der Waals surface area contributed by atoms with Gasteiger partial charge >= 0.3 is 5.97 Å². The average molecular weight is 1240 g/mol. The van der Waals surface area contributed by atoms with Crippen LogP contribution >= 0.6 is 0 Å². The van der Waals surface area contributed by atoms with E-state index in [1.807, 2.05) is 45.9 Å². The average Bonchev–Trinajstić information content (AvgIpc) is 1.62. The highest BCUT2D eigenvalue weighted by molar-refractivity contribution is 6.02. The van der Waals surface area contributed by atoms with Gasteiger partial charge in [-0.25, -0.2) is 4.79 Å². The Morgan fingerprint density at radius 3 is 1.36 bits per heavy atom. The molecule has 12 N–H and O–H groups in total. The number of likely N-dealkylation sites (tertiary alicyclic amines) is 2. The SMILES string of the molecule is CC(C)C[C@H](NC(=O)[C@H](CCCNC=O)NC(=O)[C@@H](NC(=O)[C@]1(NC(=O)[C@H]2CCCN2C(=O)[C@H](CC(C)C)NC(=O)[C@H](CCCNC=O)NC(=O)[C@@H](N)C(C)C)C[C@H]1c1ccccc1)C(C)C)C(=O)N1CCC[C@@H]1C(=O)N[C@@]1(C(=O)O)C[C@H]1c1ccccc1. The second-order valence-corrected chi connectivity index (χ2v) is 25.8. The molecule has 4 fully saturated rings. The molecule has 0 unspecified atom stereocenters. The lowest BCUT2D eigenvalue weighted by molar-refractivity contribution is -0.146. The Morgan fingerprint density at radius 2 is 0.955 bits per heavy atom. The van der Waals surface area contributed by atoms with Gasteiger partial charge in [0.1, 0.15) is 53.4 Å². The van der Waals surface area contributed by atoms with Gasteiger partial charge in [-0.3, -0.25) is 52.7 Å². The Balaban J connectivity index is 1.19. The Bertz CT molecular complexity index is 2840. The standard InChI is InChI=1S/C64H94N12O13/c1-37(2)31-47(70-53(79)45(23-15-27-66-35-77)68-57(83)51(65)39(5)6)59(85)75-29-17-25-49(75)55(81)73-63(33-43(63)41-19-11-9-12-20-41)61(87)72-52(40(7)8)58(84)69-46(24-16-28-67-36-78)54(80)71-48(32-38(3)4)60(86)76-30-18-26-50(76)56(82)74-64(62(88)89)34-44(64)42-21-13-10-14-22-42/h9-14,19-22,35-40,43-52H,15-18,23-34,65H2,1-8H3,(H,66,77)(H,67,78)(H,68,83)(H,69,84)(H,70,79)(H,71,80)(H,72,87)(H,73,81)(H,74,82)(H,88,89)/t43-,44-,45-,46-,47-,48-,49+,50+,51-,52-,63-,64-/m0/s1. The minimum absolute atomic E-state index is 0.0207. The minimum Gasteiger partial charge on any atom is -0.479 e. The predicted molar refractivity (Wildman–Crippen MR) is 329 cm³/mol. The Hall–Kier alpha value is -7.96. The summed E-state index contributed by atoms with van der Waals surface area (Å²) in [7, 11) is 0. The lowest BCUT2D eigenvalue weighted by atomic mass is 9.99. The van der Waals surface area contributed by atoms with Crippen LogP contribution in [-0.4, -0.2) is 172 Å². The van der Waals surface area contributed by atoms with Gasteiger partial charge in [0.05, 0.1) is 6.04 Å². The van der Waals surface area contributed by atoms with Gasteiger partial charge in [0.25, 0.3) is 0 Å². The number of carboxylic acids is 1. The summed E-state index contributed by atoms with van der Waals surface area (Å²) in [6, 6.07) is 9.01. The Labute approximate surface area is 521 Å². The van der Waals surface area contributed by atoms with Crippen LogP contribution in [0, 0.1) is 23.7 Å². The topological polar surface area (TPSA) is 366 Å². The van der Waals surface area contributed by atoms with Crippen LogP contribution in [-0.2, 0) is 57.5 Å². The zero-order valence-electron chi connectivity index (χ0n) is 52.6. The smallest absolute Gasteiger partial charge is 0.330 e. The van der Waals surface area contributed by atoms with Gasteiger partial charge in [-0.1, -0.05) is 116 Å². The fraction of sp³-hybridized carbons (Fsp3) is 0.625. The molecule has 89 heavy (non-hydrogen) atoms. The fourth-order valence-electron chi connectivity index (χ4n) is 12.2. The lowest BCUT2D eigenvalue weighted by Crippen LogP contribution is -2.62. The third-order valence-corrected chi connectivity index (χ3v) is 17.4. The van der Waals surface area contributed by atoms with Crippen LogP contribution in [0.15, 0.2) is 60.7 Å². The Morgan fingerprint density at radius 1 is 0.551 bits per heavy atom. The van der Waals surface area contributed by atoms with Crippen molar-refractivity contribution in [3.8, 4) is 0 Å². The molecular weight excluding hydrogens is 1140 g/mol. The highest BCUT2D eigenvalue weighted by Crippen LogP contribution is 2.53. The van der Waals surface area contributed by atoms with Gasteiger partial charge in [-0.2, -0.15) is 0 Å². The van der Waals surface area contributed by atoms with Gasteiger partial charge < -0.3 is 68.5 Å². The van der Waals surface area contributed by atoms with Gasteiger partial charge in [0.2, 0.25) is 66.0 Å². The molecule has 25 heteroatoms. The van der Waals surface area contributed by atoms with Crippen molar-refractivity contribution in [1.82, 2.24) is 57.7 Å². The summed E-state index contributed by atoms with van der Waals surface area (Å²) in [5.41, 5.74) is 4.45. The first-order valence-corrected chi connectivity index (χ1v) is 31.5. The molecule has 12 atom stereocenters.